The van der Waals surface area contributed by atoms with Crippen molar-refractivity contribution in [3.63, 3.8) is 0 Å². The molecule has 0 saturated heterocycles. The fourth-order valence-electron chi connectivity index (χ4n) is 4.52. The highest BCUT2D eigenvalue weighted by Crippen LogP contribution is 2.29. The normalized spacial score (nSPS) is 18.2. The number of fused-ring (bicyclic) bond motifs is 1. The third-order valence-corrected chi connectivity index (χ3v) is 6.24. The number of benzene rings is 3. The molecule has 3 aromatic rings. The summed E-state index contributed by atoms with van der Waals surface area (Å²) in [7, 11) is 0. The van der Waals surface area contributed by atoms with Crippen molar-refractivity contribution in [3.8, 4) is 0 Å². The molecule has 31 heavy (non-hydrogen) atoms. The highest BCUT2D eigenvalue weighted by molar-refractivity contribution is 6.22. The van der Waals surface area contributed by atoms with Crippen LogP contribution in [-0.2, 0) is 30.6 Å². The summed E-state index contributed by atoms with van der Waals surface area (Å²) in [6.45, 7) is 3.79. The van der Waals surface area contributed by atoms with Crippen molar-refractivity contribution in [2.24, 2.45) is 4.99 Å². The lowest BCUT2D eigenvalue weighted by Gasteiger charge is -2.33. The SMILES string of the molecule is CCc1cccc(N2C(=O)C(Cc3ccccc3)N=C2N2CCc3ccccc3C2)c1. The third-order valence-electron chi connectivity index (χ3n) is 6.24. The van der Waals surface area contributed by atoms with E-state index in [0.29, 0.717) is 6.42 Å². The number of anilines is 1. The van der Waals surface area contributed by atoms with E-state index < -0.39 is 0 Å². The zero-order valence-electron chi connectivity index (χ0n) is 17.9. The van der Waals surface area contributed by atoms with Gasteiger partial charge in [-0.05, 0) is 47.2 Å². The van der Waals surface area contributed by atoms with E-state index in [1.54, 1.807) is 0 Å². The molecule has 3 aromatic carbocycles. The van der Waals surface area contributed by atoms with Gasteiger partial charge in [0.2, 0.25) is 5.96 Å². The summed E-state index contributed by atoms with van der Waals surface area (Å²) in [5, 5.41) is 0. The molecule has 5 rings (SSSR count). The molecule has 2 aliphatic rings. The molecule has 0 aromatic heterocycles. The van der Waals surface area contributed by atoms with E-state index in [1.807, 2.05) is 35.2 Å². The van der Waals surface area contributed by atoms with Gasteiger partial charge >= 0.3 is 0 Å². The van der Waals surface area contributed by atoms with E-state index >= 15 is 0 Å². The highest BCUT2D eigenvalue weighted by Gasteiger charge is 2.39. The zero-order chi connectivity index (χ0) is 21.2. The number of hydrogen-bond acceptors (Lipinski definition) is 3. The number of carbonyl (C=O) groups is 1. The summed E-state index contributed by atoms with van der Waals surface area (Å²) in [5.74, 6) is 0.847. The molecule has 4 nitrogen and oxygen atoms in total. The topological polar surface area (TPSA) is 35.9 Å². The van der Waals surface area contributed by atoms with E-state index in [1.165, 1.54) is 16.7 Å². The Morgan fingerprint density at radius 3 is 2.45 bits per heavy atom. The molecule has 156 valence electrons. The van der Waals surface area contributed by atoms with Gasteiger partial charge in [0.05, 0.1) is 5.69 Å². The van der Waals surface area contributed by atoms with Crippen molar-refractivity contribution in [3.05, 3.63) is 101 Å². The Hall–Kier alpha value is -3.40. The summed E-state index contributed by atoms with van der Waals surface area (Å²) in [6, 6.07) is 26.7. The van der Waals surface area contributed by atoms with Crippen LogP contribution in [0, 0.1) is 0 Å². The van der Waals surface area contributed by atoms with Crippen molar-refractivity contribution in [1.82, 2.24) is 4.90 Å². The Morgan fingerprint density at radius 2 is 1.65 bits per heavy atom. The van der Waals surface area contributed by atoms with Crippen molar-refractivity contribution < 1.29 is 4.79 Å². The lowest BCUT2D eigenvalue weighted by Crippen LogP contribution is -2.46. The first-order valence-electron chi connectivity index (χ1n) is 11.1. The molecule has 1 amide bonds. The number of aryl methyl sites for hydroxylation is 1. The lowest BCUT2D eigenvalue weighted by molar-refractivity contribution is -0.118. The van der Waals surface area contributed by atoms with Crippen LogP contribution in [0.25, 0.3) is 0 Å². The van der Waals surface area contributed by atoms with Crippen LogP contribution >= 0.6 is 0 Å². The molecular formula is C27H27N3O. The van der Waals surface area contributed by atoms with Gasteiger partial charge in [0, 0.05) is 19.5 Å². The van der Waals surface area contributed by atoms with E-state index in [0.717, 1.165) is 43.1 Å². The molecule has 0 radical (unpaired) electrons. The average molecular weight is 410 g/mol. The zero-order valence-corrected chi connectivity index (χ0v) is 17.9. The lowest BCUT2D eigenvalue weighted by atomic mass is 10.0. The first kappa shape index (κ1) is 19.6. The molecule has 0 aliphatic carbocycles. The minimum absolute atomic E-state index is 0.0611. The van der Waals surface area contributed by atoms with Crippen LogP contribution in [0.2, 0.25) is 0 Å². The van der Waals surface area contributed by atoms with Crippen molar-refractivity contribution >= 4 is 17.6 Å². The van der Waals surface area contributed by atoms with Crippen molar-refractivity contribution in [2.75, 3.05) is 11.4 Å². The van der Waals surface area contributed by atoms with Crippen LogP contribution in [0.3, 0.4) is 0 Å². The molecule has 0 bridgehead atoms. The fourth-order valence-corrected chi connectivity index (χ4v) is 4.52. The summed E-state index contributed by atoms with van der Waals surface area (Å²) in [5.41, 5.74) is 5.98. The number of hydrogen-bond donors (Lipinski definition) is 0. The predicted molar refractivity (Wildman–Crippen MR) is 125 cm³/mol. The number of carbonyl (C=O) groups excluding carboxylic acids is 1. The van der Waals surface area contributed by atoms with E-state index in [4.69, 9.17) is 4.99 Å². The van der Waals surface area contributed by atoms with Crippen LogP contribution in [0.4, 0.5) is 5.69 Å². The van der Waals surface area contributed by atoms with Gasteiger partial charge in [0.1, 0.15) is 6.04 Å². The van der Waals surface area contributed by atoms with Crippen molar-refractivity contribution in [2.45, 2.75) is 38.8 Å². The van der Waals surface area contributed by atoms with Gasteiger partial charge in [0.25, 0.3) is 5.91 Å². The summed E-state index contributed by atoms with van der Waals surface area (Å²) >= 11 is 0. The summed E-state index contributed by atoms with van der Waals surface area (Å²) in [6.07, 6.45) is 2.53. The summed E-state index contributed by atoms with van der Waals surface area (Å²) in [4.78, 5) is 22.7. The van der Waals surface area contributed by atoms with Crippen molar-refractivity contribution in [1.29, 1.82) is 0 Å². The minimum atomic E-state index is -0.389. The Bertz CT molecular complexity index is 1120. The second kappa shape index (κ2) is 8.38. The Balaban J connectivity index is 1.50. The highest BCUT2D eigenvalue weighted by atomic mass is 16.2. The molecule has 2 aliphatic heterocycles. The van der Waals surface area contributed by atoms with Crippen LogP contribution in [-0.4, -0.2) is 29.4 Å². The maximum absolute atomic E-state index is 13.6. The number of amides is 1. The third kappa shape index (κ3) is 3.86. The Kier molecular flexibility index (Phi) is 5.29. The molecule has 4 heteroatoms. The molecule has 2 heterocycles. The van der Waals surface area contributed by atoms with Crippen LogP contribution in [0.1, 0.15) is 29.2 Å². The molecule has 0 N–H and O–H groups in total. The minimum Gasteiger partial charge on any atom is -0.337 e. The largest absolute Gasteiger partial charge is 0.337 e. The maximum atomic E-state index is 13.6. The molecule has 0 fully saturated rings. The standard InChI is InChI=1S/C27H27N3O/c1-2-20-11-8-14-24(17-20)30-26(31)25(18-21-9-4-3-5-10-21)28-27(30)29-16-15-22-12-6-7-13-23(22)19-29/h3-14,17,25H,2,15-16,18-19H2,1H3. The van der Waals surface area contributed by atoms with Crippen LogP contribution in [0.15, 0.2) is 83.9 Å². The molecular weight excluding hydrogens is 382 g/mol. The number of aliphatic imine (C=N–C) groups is 1. The van der Waals surface area contributed by atoms with Gasteiger partial charge in [-0.2, -0.15) is 0 Å². The summed E-state index contributed by atoms with van der Waals surface area (Å²) < 4.78 is 0. The molecule has 0 saturated carbocycles. The van der Waals surface area contributed by atoms with Crippen LogP contribution in [0.5, 0.6) is 0 Å². The Morgan fingerprint density at radius 1 is 0.903 bits per heavy atom. The second-order valence-corrected chi connectivity index (χ2v) is 8.27. The van der Waals surface area contributed by atoms with Gasteiger partial charge in [-0.15, -0.1) is 0 Å². The quantitative estimate of drug-likeness (QED) is 0.630. The molecule has 1 unspecified atom stereocenters. The van der Waals surface area contributed by atoms with Gasteiger partial charge < -0.3 is 4.90 Å². The predicted octanol–water partition coefficient (Wildman–Crippen LogP) is 4.62. The van der Waals surface area contributed by atoms with E-state index in [2.05, 4.69) is 60.4 Å². The number of nitrogens with zero attached hydrogens (tertiary/aromatic N) is 3. The number of rotatable bonds is 4. The first-order valence-corrected chi connectivity index (χ1v) is 11.1. The van der Waals surface area contributed by atoms with Gasteiger partial charge in [-0.25, -0.2) is 9.89 Å². The smallest absolute Gasteiger partial charge is 0.259 e. The van der Waals surface area contributed by atoms with E-state index in [9.17, 15) is 4.79 Å². The van der Waals surface area contributed by atoms with E-state index in [-0.39, 0.29) is 11.9 Å². The maximum Gasteiger partial charge on any atom is 0.259 e. The number of guanidine groups is 1. The fraction of sp³-hybridized carbons (Fsp3) is 0.259. The molecule has 1 atom stereocenters. The van der Waals surface area contributed by atoms with Gasteiger partial charge in [-0.1, -0.05) is 73.7 Å². The monoisotopic (exact) mass is 409 g/mol. The average Bonchev–Trinajstić information content (AvgIpc) is 3.15. The molecule has 0 spiro atoms. The second-order valence-electron chi connectivity index (χ2n) is 8.27. The van der Waals surface area contributed by atoms with Crippen LogP contribution < -0.4 is 4.90 Å². The van der Waals surface area contributed by atoms with Gasteiger partial charge in [-0.3, -0.25) is 4.79 Å². The van der Waals surface area contributed by atoms with Gasteiger partial charge in [0.15, 0.2) is 0 Å². The Labute approximate surface area is 183 Å². The first-order chi connectivity index (χ1) is 15.2.